The van der Waals surface area contributed by atoms with E-state index in [1.54, 1.807) is 7.05 Å². The molecule has 0 bridgehead atoms. The topological polar surface area (TPSA) is 41.6 Å². The van der Waals surface area contributed by atoms with Crippen molar-refractivity contribution in [2.45, 2.75) is 19.1 Å². The van der Waals surface area contributed by atoms with E-state index in [2.05, 4.69) is 10.1 Å². The quantitative estimate of drug-likeness (QED) is 0.919. The number of halogens is 3. The Morgan fingerprint density at radius 1 is 1.50 bits per heavy atom. The molecule has 1 aliphatic rings. The Bertz CT molecular complexity index is 491. The van der Waals surface area contributed by atoms with Crippen LogP contribution in [-0.4, -0.2) is 43.6 Å². The van der Waals surface area contributed by atoms with Crippen LogP contribution in [0.15, 0.2) is 18.2 Å². The van der Waals surface area contributed by atoms with Crippen molar-refractivity contribution in [3.8, 4) is 5.75 Å². The molecule has 7 heteroatoms. The lowest BCUT2D eigenvalue weighted by Gasteiger charge is -2.24. The Labute approximate surface area is 114 Å². The Morgan fingerprint density at radius 3 is 2.85 bits per heavy atom. The van der Waals surface area contributed by atoms with Gasteiger partial charge in [-0.3, -0.25) is 4.79 Å². The second kappa shape index (κ2) is 6.13. The van der Waals surface area contributed by atoms with Gasteiger partial charge in [-0.15, -0.1) is 0 Å². The molecular weight excluding hydrogens is 273 g/mol. The minimum absolute atomic E-state index is 0.00745. The largest absolute Gasteiger partial charge is 0.434 e. The summed E-state index contributed by atoms with van der Waals surface area (Å²) >= 11 is 0. The van der Waals surface area contributed by atoms with Crippen LogP contribution in [0.25, 0.3) is 0 Å². The van der Waals surface area contributed by atoms with Crippen molar-refractivity contribution >= 4 is 5.91 Å². The first kappa shape index (κ1) is 14.6. The number of amides is 1. The standard InChI is InChI=1S/C13H15F3N2O2/c1-18(9-4-5-17-7-9)12(19)10-3-2-8(14)6-11(10)20-13(15)16/h2-3,6,9,13,17H,4-5,7H2,1H3. The maximum absolute atomic E-state index is 13.1. The fourth-order valence-corrected chi connectivity index (χ4v) is 2.19. The van der Waals surface area contributed by atoms with Gasteiger partial charge >= 0.3 is 6.61 Å². The van der Waals surface area contributed by atoms with Gasteiger partial charge in [0.15, 0.2) is 0 Å². The van der Waals surface area contributed by atoms with Crippen LogP contribution in [0, 0.1) is 5.82 Å². The molecule has 4 nitrogen and oxygen atoms in total. The van der Waals surface area contributed by atoms with Crippen molar-refractivity contribution in [1.82, 2.24) is 10.2 Å². The number of carbonyl (C=O) groups excluding carboxylic acids is 1. The van der Waals surface area contributed by atoms with Crippen LogP contribution in [0.2, 0.25) is 0 Å². The normalized spacial score (nSPS) is 18.4. The molecule has 1 saturated heterocycles. The Morgan fingerprint density at radius 2 is 2.25 bits per heavy atom. The summed E-state index contributed by atoms with van der Waals surface area (Å²) in [6.45, 7) is -1.66. The number of carbonyl (C=O) groups is 1. The van der Waals surface area contributed by atoms with E-state index in [1.807, 2.05) is 0 Å². The van der Waals surface area contributed by atoms with Crippen molar-refractivity contribution < 1.29 is 22.7 Å². The predicted molar refractivity (Wildman–Crippen MR) is 66.4 cm³/mol. The first-order valence-electron chi connectivity index (χ1n) is 6.21. The van der Waals surface area contributed by atoms with Gasteiger partial charge in [0, 0.05) is 25.7 Å². The van der Waals surface area contributed by atoms with Crippen LogP contribution in [0.3, 0.4) is 0 Å². The number of likely N-dealkylation sites (N-methyl/N-ethyl adjacent to an activating group) is 1. The van der Waals surface area contributed by atoms with Crippen LogP contribution < -0.4 is 10.1 Å². The molecule has 1 aliphatic heterocycles. The number of hydrogen-bond acceptors (Lipinski definition) is 3. The van der Waals surface area contributed by atoms with E-state index in [1.165, 1.54) is 4.90 Å². The van der Waals surface area contributed by atoms with Crippen LogP contribution in [0.1, 0.15) is 16.8 Å². The first-order valence-corrected chi connectivity index (χ1v) is 6.21. The number of alkyl halides is 2. The Balaban J connectivity index is 2.23. The minimum Gasteiger partial charge on any atom is -0.434 e. The zero-order chi connectivity index (χ0) is 14.7. The van der Waals surface area contributed by atoms with E-state index in [4.69, 9.17) is 0 Å². The van der Waals surface area contributed by atoms with E-state index in [-0.39, 0.29) is 11.6 Å². The highest BCUT2D eigenvalue weighted by Crippen LogP contribution is 2.24. The third-order valence-electron chi connectivity index (χ3n) is 3.29. The molecule has 110 valence electrons. The molecule has 0 saturated carbocycles. The highest BCUT2D eigenvalue weighted by molar-refractivity contribution is 5.97. The number of nitrogens with one attached hydrogen (secondary N) is 1. The second-order valence-corrected chi connectivity index (χ2v) is 4.58. The molecular formula is C13H15F3N2O2. The van der Waals surface area contributed by atoms with Crippen molar-refractivity contribution in [2.24, 2.45) is 0 Å². The Kier molecular flexibility index (Phi) is 4.49. The SMILES string of the molecule is CN(C(=O)c1ccc(F)cc1OC(F)F)C1CCNC1. The van der Waals surface area contributed by atoms with Crippen LogP contribution >= 0.6 is 0 Å². The molecule has 1 N–H and O–H groups in total. The maximum atomic E-state index is 13.1. The molecule has 1 fully saturated rings. The molecule has 0 aromatic heterocycles. The van der Waals surface area contributed by atoms with Gasteiger partial charge in [-0.2, -0.15) is 8.78 Å². The van der Waals surface area contributed by atoms with Gasteiger partial charge in [-0.1, -0.05) is 0 Å². The minimum atomic E-state index is -3.11. The van der Waals surface area contributed by atoms with E-state index in [0.29, 0.717) is 6.54 Å². The molecule has 0 radical (unpaired) electrons. The molecule has 1 atom stereocenters. The summed E-state index contributed by atoms with van der Waals surface area (Å²) in [5.41, 5.74) is -0.0684. The van der Waals surface area contributed by atoms with Crippen LogP contribution in [0.5, 0.6) is 5.75 Å². The predicted octanol–water partition coefficient (Wildman–Crippen LogP) is 1.86. The third kappa shape index (κ3) is 3.22. The number of benzene rings is 1. The van der Waals surface area contributed by atoms with Gasteiger partial charge in [0.25, 0.3) is 5.91 Å². The lowest BCUT2D eigenvalue weighted by atomic mass is 10.1. The zero-order valence-corrected chi connectivity index (χ0v) is 10.9. The fraction of sp³-hybridized carbons (Fsp3) is 0.462. The lowest BCUT2D eigenvalue weighted by Crippen LogP contribution is -2.38. The summed E-state index contributed by atoms with van der Waals surface area (Å²) in [6, 6.07) is 2.99. The third-order valence-corrected chi connectivity index (χ3v) is 3.29. The summed E-state index contributed by atoms with van der Waals surface area (Å²) in [4.78, 5) is 13.8. The van der Waals surface area contributed by atoms with Gasteiger partial charge in [0.05, 0.1) is 5.56 Å². The molecule has 0 aliphatic carbocycles. The van der Waals surface area contributed by atoms with Gasteiger partial charge in [0.1, 0.15) is 11.6 Å². The van der Waals surface area contributed by atoms with Crippen molar-refractivity contribution in [3.05, 3.63) is 29.6 Å². The summed E-state index contributed by atoms with van der Waals surface area (Å²) in [7, 11) is 1.59. The highest BCUT2D eigenvalue weighted by atomic mass is 19.3. The van der Waals surface area contributed by atoms with Gasteiger partial charge in [0.2, 0.25) is 0 Å². The molecule has 0 spiro atoms. The fourth-order valence-electron chi connectivity index (χ4n) is 2.19. The monoisotopic (exact) mass is 288 g/mol. The number of ether oxygens (including phenoxy) is 1. The summed E-state index contributed by atoms with van der Waals surface area (Å²) < 4.78 is 42.0. The van der Waals surface area contributed by atoms with Crippen LogP contribution in [0.4, 0.5) is 13.2 Å². The molecule has 2 rings (SSSR count). The van der Waals surface area contributed by atoms with E-state index >= 15 is 0 Å². The second-order valence-electron chi connectivity index (χ2n) is 4.58. The molecule has 1 unspecified atom stereocenters. The van der Waals surface area contributed by atoms with Crippen molar-refractivity contribution in [1.29, 1.82) is 0 Å². The van der Waals surface area contributed by atoms with Crippen molar-refractivity contribution in [2.75, 3.05) is 20.1 Å². The Hall–Kier alpha value is -1.76. The highest BCUT2D eigenvalue weighted by Gasteiger charge is 2.26. The van der Waals surface area contributed by atoms with Crippen LogP contribution in [-0.2, 0) is 0 Å². The summed E-state index contributed by atoms with van der Waals surface area (Å²) in [6.07, 6.45) is 0.786. The zero-order valence-electron chi connectivity index (χ0n) is 10.9. The number of nitrogens with zero attached hydrogens (tertiary/aromatic N) is 1. The molecule has 1 aromatic carbocycles. The molecule has 1 amide bonds. The summed E-state index contributed by atoms with van der Waals surface area (Å²) in [5.74, 6) is -1.64. The van der Waals surface area contributed by atoms with Crippen molar-refractivity contribution in [3.63, 3.8) is 0 Å². The number of rotatable bonds is 4. The smallest absolute Gasteiger partial charge is 0.387 e. The summed E-state index contributed by atoms with van der Waals surface area (Å²) in [5, 5.41) is 3.11. The average Bonchev–Trinajstić information content (AvgIpc) is 2.90. The number of hydrogen-bond donors (Lipinski definition) is 1. The first-order chi connectivity index (χ1) is 9.49. The van der Waals surface area contributed by atoms with Gasteiger partial charge < -0.3 is 15.0 Å². The van der Waals surface area contributed by atoms with E-state index < -0.39 is 24.1 Å². The average molecular weight is 288 g/mol. The van der Waals surface area contributed by atoms with E-state index in [9.17, 15) is 18.0 Å². The maximum Gasteiger partial charge on any atom is 0.387 e. The van der Waals surface area contributed by atoms with E-state index in [0.717, 1.165) is 31.2 Å². The van der Waals surface area contributed by atoms with Gasteiger partial charge in [-0.05, 0) is 25.1 Å². The molecule has 1 aromatic rings. The lowest BCUT2D eigenvalue weighted by molar-refractivity contribution is -0.0504. The molecule has 1 heterocycles. The molecule has 20 heavy (non-hydrogen) atoms. The van der Waals surface area contributed by atoms with Gasteiger partial charge in [-0.25, -0.2) is 4.39 Å².